The summed E-state index contributed by atoms with van der Waals surface area (Å²) in [7, 11) is 0. The lowest BCUT2D eigenvalue weighted by Gasteiger charge is -2.11. The molecule has 0 saturated carbocycles. The van der Waals surface area contributed by atoms with Gasteiger partial charge in [0, 0.05) is 11.1 Å². The number of pyridine rings is 1. The van der Waals surface area contributed by atoms with Gasteiger partial charge in [0.25, 0.3) is 5.91 Å². The minimum absolute atomic E-state index is 0.109. The van der Waals surface area contributed by atoms with Crippen LogP contribution in [0, 0.1) is 0 Å². The van der Waals surface area contributed by atoms with Gasteiger partial charge in [0.2, 0.25) is 0 Å². The molecule has 0 saturated heterocycles. The Hall–Kier alpha value is -2.35. The third kappa shape index (κ3) is 2.70. The van der Waals surface area contributed by atoms with Gasteiger partial charge >= 0.3 is 0 Å². The Labute approximate surface area is 136 Å². The summed E-state index contributed by atoms with van der Waals surface area (Å²) in [6, 6.07) is 3.34. The van der Waals surface area contributed by atoms with E-state index >= 15 is 0 Å². The van der Waals surface area contributed by atoms with Crippen molar-refractivity contribution in [1.29, 1.82) is 0 Å². The number of amides is 1. The van der Waals surface area contributed by atoms with Crippen molar-refractivity contribution in [2.75, 3.05) is 0 Å². The summed E-state index contributed by atoms with van der Waals surface area (Å²) < 4.78 is 1.49. The SMILES string of the molecule is C[C@H](NC(=O)c1ccc2nnnn2c1)c1nc2c(s1)CCCC2. The number of aromatic nitrogens is 5. The molecule has 8 heteroatoms. The largest absolute Gasteiger partial charge is 0.343 e. The van der Waals surface area contributed by atoms with Crippen molar-refractivity contribution >= 4 is 22.9 Å². The highest BCUT2D eigenvalue weighted by atomic mass is 32.1. The van der Waals surface area contributed by atoms with Crippen LogP contribution in [0.5, 0.6) is 0 Å². The van der Waals surface area contributed by atoms with Crippen molar-refractivity contribution in [3.8, 4) is 0 Å². The highest BCUT2D eigenvalue weighted by Gasteiger charge is 2.20. The Kier molecular flexibility index (Phi) is 3.53. The number of rotatable bonds is 3. The van der Waals surface area contributed by atoms with E-state index in [1.54, 1.807) is 29.7 Å². The molecule has 3 aromatic heterocycles. The lowest BCUT2D eigenvalue weighted by Crippen LogP contribution is -2.26. The van der Waals surface area contributed by atoms with Crippen LogP contribution in [0.1, 0.15) is 51.7 Å². The van der Waals surface area contributed by atoms with Gasteiger partial charge in [-0.2, -0.15) is 4.52 Å². The summed E-state index contributed by atoms with van der Waals surface area (Å²) in [5, 5.41) is 15.2. The Morgan fingerprint density at radius 3 is 3.09 bits per heavy atom. The van der Waals surface area contributed by atoms with Crippen LogP contribution in [0.4, 0.5) is 0 Å². The fraction of sp³-hybridized carbons (Fsp3) is 0.400. The van der Waals surface area contributed by atoms with Crippen molar-refractivity contribution in [3.63, 3.8) is 0 Å². The minimum Gasteiger partial charge on any atom is -0.343 e. The Balaban J connectivity index is 1.52. The molecule has 3 aromatic rings. The molecule has 4 rings (SSSR count). The Bertz CT molecular complexity index is 846. The predicted octanol–water partition coefficient (Wildman–Crippen LogP) is 1.95. The first-order chi connectivity index (χ1) is 11.2. The second-order valence-corrected chi connectivity index (χ2v) is 6.84. The molecule has 0 aliphatic heterocycles. The van der Waals surface area contributed by atoms with E-state index in [9.17, 15) is 4.79 Å². The molecule has 0 fully saturated rings. The fourth-order valence-corrected chi connectivity index (χ4v) is 3.93. The standard InChI is InChI=1S/C15H16N6OS/c1-9(15-17-11-4-2-3-5-12(11)23-15)16-14(22)10-6-7-13-18-19-20-21(13)8-10/h6-9H,2-5H2,1H3,(H,16,22)/t9-/m0/s1. The second kappa shape index (κ2) is 5.69. The number of carbonyl (C=O) groups is 1. The molecule has 0 radical (unpaired) electrons. The molecule has 0 bridgehead atoms. The molecular formula is C15H16N6OS. The average Bonchev–Trinajstić information content (AvgIpc) is 3.20. The zero-order valence-electron chi connectivity index (χ0n) is 12.7. The number of nitrogens with zero attached hydrogens (tertiary/aromatic N) is 5. The number of thiazole rings is 1. The van der Waals surface area contributed by atoms with Crippen molar-refractivity contribution in [3.05, 3.63) is 39.5 Å². The zero-order valence-corrected chi connectivity index (χ0v) is 13.5. The van der Waals surface area contributed by atoms with Gasteiger partial charge in [-0.05, 0) is 55.2 Å². The van der Waals surface area contributed by atoms with Crippen LogP contribution in [-0.4, -0.2) is 30.9 Å². The van der Waals surface area contributed by atoms with Crippen LogP contribution in [0.25, 0.3) is 5.65 Å². The van der Waals surface area contributed by atoms with E-state index in [4.69, 9.17) is 4.98 Å². The topological polar surface area (TPSA) is 85.1 Å². The van der Waals surface area contributed by atoms with Gasteiger partial charge in [-0.15, -0.1) is 16.4 Å². The maximum absolute atomic E-state index is 12.4. The Morgan fingerprint density at radius 1 is 1.35 bits per heavy atom. The monoisotopic (exact) mass is 328 g/mol. The number of aryl methyl sites for hydroxylation is 2. The van der Waals surface area contributed by atoms with Gasteiger partial charge in [-0.3, -0.25) is 4.79 Å². The molecule has 0 aromatic carbocycles. The normalized spacial score (nSPS) is 15.3. The van der Waals surface area contributed by atoms with Crippen LogP contribution in [0.2, 0.25) is 0 Å². The van der Waals surface area contributed by atoms with Crippen molar-refractivity contribution in [2.24, 2.45) is 0 Å². The number of nitrogens with one attached hydrogen (secondary N) is 1. The van der Waals surface area contributed by atoms with E-state index in [0.29, 0.717) is 11.2 Å². The van der Waals surface area contributed by atoms with Crippen LogP contribution in [-0.2, 0) is 12.8 Å². The Morgan fingerprint density at radius 2 is 2.22 bits per heavy atom. The van der Waals surface area contributed by atoms with Crippen molar-refractivity contribution in [1.82, 2.24) is 30.3 Å². The molecule has 1 atom stereocenters. The number of hydrogen-bond donors (Lipinski definition) is 1. The van der Waals surface area contributed by atoms with Crippen LogP contribution < -0.4 is 5.32 Å². The van der Waals surface area contributed by atoms with E-state index in [1.807, 2.05) is 6.92 Å². The summed E-state index contributed by atoms with van der Waals surface area (Å²) in [5.41, 5.74) is 2.35. The van der Waals surface area contributed by atoms with E-state index in [0.717, 1.165) is 17.8 Å². The van der Waals surface area contributed by atoms with Crippen LogP contribution in [0.15, 0.2) is 18.3 Å². The average molecular weight is 328 g/mol. The third-order valence-electron chi connectivity index (χ3n) is 4.03. The molecule has 1 aliphatic rings. The highest BCUT2D eigenvalue weighted by molar-refractivity contribution is 7.11. The summed E-state index contributed by atoms with van der Waals surface area (Å²) >= 11 is 1.72. The van der Waals surface area contributed by atoms with Gasteiger partial charge in [0.15, 0.2) is 5.65 Å². The number of hydrogen-bond acceptors (Lipinski definition) is 6. The van der Waals surface area contributed by atoms with Gasteiger partial charge < -0.3 is 5.32 Å². The lowest BCUT2D eigenvalue weighted by atomic mass is 10.0. The highest BCUT2D eigenvalue weighted by Crippen LogP contribution is 2.29. The summed E-state index contributed by atoms with van der Waals surface area (Å²) in [6.07, 6.45) is 6.25. The van der Waals surface area contributed by atoms with Gasteiger partial charge in [0.05, 0.1) is 17.3 Å². The van der Waals surface area contributed by atoms with E-state index in [-0.39, 0.29) is 11.9 Å². The first-order valence-corrected chi connectivity index (χ1v) is 8.49. The molecule has 0 unspecified atom stereocenters. The number of tetrazole rings is 1. The number of fused-ring (bicyclic) bond motifs is 2. The minimum atomic E-state index is -0.150. The van der Waals surface area contributed by atoms with Gasteiger partial charge in [0.1, 0.15) is 5.01 Å². The number of carbonyl (C=O) groups excluding carboxylic acids is 1. The molecule has 118 valence electrons. The zero-order chi connectivity index (χ0) is 15.8. The molecule has 1 aliphatic carbocycles. The summed E-state index contributed by atoms with van der Waals surface area (Å²) in [6.45, 7) is 1.97. The molecule has 0 spiro atoms. The summed E-state index contributed by atoms with van der Waals surface area (Å²) in [5.74, 6) is -0.150. The van der Waals surface area contributed by atoms with E-state index in [2.05, 4.69) is 20.8 Å². The molecule has 3 heterocycles. The maximum atomic E-state index is 12.4. The van der Waals surface area contributed by atoms with Gasteiger partial charge in [-0.1, -0.05) is 0 Å². The first kappa shape index (κ1) is 14.3. The molecule has 23 heavy (non-hydrogen) atoms. The lowest BCUT2D eigenvalue weighted by molar-refractivity contribution is 0.0939. The van der Waals surface area contributed by atoms with Crippen molar-refractivity contribution < 1.29 is 4.79 Å². The van der Waals surface area contributed by atoms with Gasteiger partial charge in [-0.25, -0.2) is 4.98 Å². The molecule has 1 N–H and O–H groups in total. The predicted molar refractivity (Wildman–Crippen MR) is 85.4 cm³/mol. The maximum Gasteiger partial charge on any atom is 0.253 e. The third-order valence-corrected chi connectivity index (χ3v) is 5.37. The summed E-state index contributed by atoms with van der Waals surface area (Å²) in [4.78, 5) is 18.5. The first-order valence-electron chi connectivity index (χ1n) is 7.68. The smallest absolute Gasteiger partial charge is 0.253 e. The fourth-order valence-electron chi connectivity index (χ4n) is 2.77. The van der Waals surface area contributed by atoms with Crippen LogP contribution in [0.3, 0.4) is 0 Å². The molecule has 1 amide bonds. The van der Waals surface area contributed by atoms with Crippen LogP contribution >= 0.6 is 11.3 Å². The van der Waals surface area contributed by atoms with E-state index < -0.39 is 0 Å². The van der Waals surface area contributed by atoms with E-state index in [1.165, 1.54) is 27.9 Å². The van der Waals surface area contributed by atoms with Crippen molar-refractivity contribution in [2.45, 2.75) is 38.6 Å². The molecule has 7 nitrogen and oxygen atoms in total. The quantitative estimate of drug-likeness (QED) is 0.794. The molecular weight excluding hydrogens is 312 g/mol. The second-order valence-electron chi connectivity index (χ2n) is 5.72.